The molecule has 0 aliphatic rings. The molecule has 0 saturated heterocycles. The first-order chi connectivity index (χ1) is 6.67. The molecule has 0 rings (SSSR count). The summed E-state index contributed by atoms with van der Waals surface area (Å²) in [6.07, 6.45) is 1.88. The van der Waals surface area contributed by atoms with Crippen LogP contribution < -0.4 is 27.4 Å². The highest BCUT2D eigenvalue weighted by Gasteiger charge is 2.27. The molecule has 0 aromatic carbocycles. The lowest BCUT2D eigenvalue weighted by Gasteiger charge is -2.35. The van der Waals surface area contributed by atoms with Gasteiger partial charge in [0.25, 0.3) is 0 Å². The van der Waals surface area contributed by atoms with Crippen LogP contribution in [0.4, 0.5) is 0 Å². The minimum absolute atomic E-state index is 0.192. The van der Waals surface area contributed by atoms with E-state index in [9.17, 15) is 0 Å². The zero-order chi connectivity index (χ0) is 11.0. The minimum atomic E-state index is -0.192. The van der Waals surface area contributed by atoms with Crippen molar-refractivity contribution in [2.24, 2.45) is 11.5 Å². The van der Waals surface area contributed by atoms with Gasteiger partial charge in [0.1, 0.15) is 0 Å². The lowest BCUT2D eigenvalue weighted by molar-refractivity contribution is 0.246. The third-order valence-electron chi connectivity index (χ3n) is 2.82. The van der Waals surface area contributed by atoms with Crippen molar-refractivity contribution >= 4 is 0 Å². The van der Waals surface area contributed by atoms with Crippen molar-refractivity contribution in [1.82, 2.24) is 16.0 Å². The predicted molar refractivity (Wildman–Crippen MR) is 61.0 cm³/mol. The maximum Gasteiger partial charge on any atom is 0.0823 e. The first kappa shape index (κ1) is 13.8. The van der Waals surface area contributed by atoms with Crippen molar-refractivity contribution in [3.63, 3.8) is 0 Å². The maximum atomic E-state index is 5.74. The molecule has 5 nitrogen and oxygen atoms in total. The van der Waals surface area contributed by atoms with E-state index in [0.29, 0.717) is 19.1 Å². The van der Waals surface area contributed by atoms with Crippen molar-refractivity contribution < 1.29 is 0 Å². The van der Waals surface area contributed by atoms with Crippen LogP contribution in [0.5, 0.6) is 0 Å². The molecule has 1 atom stereocenters. The van der Waals surface area contributed by atoms with E-state index in [1.807, 2.05) is 21.1 Å². The van der Waals surface area contributed by atoms with Crippen molar-refractivity contribution in [2.45, 2.75) is 24.5 Å². The molecule has 0 aromatic heterocycles. The summed E-state index contributed by atoms with van der Waals surface area (Å²) in [6, 6.07) is 0.392. The van der Waals surface area contributed by atoms with Gasteiger partial charge in [-0.3, -0.25) is 0 Å². The number of nitrogens with one attached hydrogen (secondary N) is 3. The molecule has 0 aliphatic heterocycles. The molecule has 0 heterocycles. The van der Waals surface area contributed by atoms with Gasteiger partial charge < -0.3 is 27.4 Å². The monoisotopic (exact) mass is 203 g/mol. The summed E-state index contributed by atoms with van der Waals surface area (Å²) in [4.78, 5) is 0. The van der Waals surface area contributed by atoms with Crippen LogP contribution in [0.25, 0.3) is 0 Å². The van der Waals surface area contributed by atoms with Gasteiger partial charge in [0.05, 0.1) is 5.66 Å². The Labute approximate surface area is 87.0 Å². The summed E-state index contributed by atoms with van der Waals surface area (Å²) in [6.45, 7) is 1.25. The normalized spacial score (nSPS) is 14.4. The van der Waals surface area contributed by atoms with Gasteiger partial charge in [0, 0.05) is 12.6 Å². The third-order valence-corrected chi connectivity index (χ3v) is 2.82. The third kappa shape index (κ3) is 3.89. The molecule has 0 amide bonds. The maximum absolute atomic E-state index is 5.74. The molecular weight excluding hydrogens is 178 g/mol. The van der Waals surface area contributed by atoms with Crippen molar-refractivity contribution in [2.75, 3.05) is 34.2 Å². The fraction of sp³-hybridized carbons (Fsp3) is 1.00. The molecule has 86 valence electrons. The van der Waals surface area contributed by atoms with Gasteiger partial charge >= 0.3 is 0 Å². The molecular formula is C9H25N5. The summed E-state index contributed by atoms with van der Waals surface area (Å²) in [7, 11) is 5.78. The highest BCUT2D eigenvalue weighted by molar-refractivity contribution is 4.88. The average molecular weight is 203 g/mol. The first-order valence-electron chi connectivity index (χ1n) is 5.13. The quantitative estimate of drug-likeness (QED) is 0.307. The zero-order valence-electron chi connectivity index (χ0n) is 9.56. The molecule has 0 radical (unpaired) electrons. The van der Waals surface area contributed by atoms with E-state index in [1.54, 1.807) is 0 Å². The molecule has 1 unspecified atom stereocenters. The molecule has 0 bridgehead atoms. The predicted octanol–water partition coefficient (Wildman–Crippen LogP) is -1.59. The second-order valence-electron chi connectivity index (χ2n) is 3.55. The molecule has 7 N–H and O–H groups in total. The molecule has 14 heavy (non-hydrogen) atoms. The Morgan fingerprint density at radius 2 is 1.71 bits per heavy atom. The second kappa shape index (κ2) is 7.14. The van der Waals surface area contributed by atoms with Gasteiger partial charge in [-0.25, -0.2) is 0 Å². The number of likely N-dealkylation sites (N-methyl/N-ethyl adjacent to an activating group) is 2. The van der Waals surface area contributed by atoms with E-state index in [1.165, 1.54) is 0 Å². The van der Waals surface area contributed by atoms with E-state index < -0.39 is 0 Å². The van der Waals surface area contributed by atoms with Gasteiger partial charge in [-0.05, 0) is 40.5 Å². The van der Waals surface area contributed by atoms with Gasteiger partial charge in [-0.1, -0.05) is 0 Å². The summed E-state index contributed by atoms with van der Waals surface area (Å²) >= 11 is 0. The number of rotatable bonds is 8. The minimum Gasteiger partial charge on any atom is -0.330 e. The smallest absolute Gasteiger partial charge is 0.0823 e. The van der Waals surface area contributed by atoms with Crippen LogP contribution in [0.2, 0.25) is 0 Å². The fourth-order valence-corrected chi connectivity index (χ4v) is 1.59. The van der Waals surface area contributed by atoms with E-state index in [0.717, 1.165) is 12.8 Å². The van der Waals surface area contributed by atoms with Crippen molar-refractivity contribution in [1.29, 1.82) is 0 Å². The Kier molecular flexibility index (Phi) is 7.04. The van der Waals surface area contributed by atoms with E-state index in [4.69, 9.17) is 11.5 Å². The highest BCUT2D eigenvalue weighted by atomic mass is 15.2. The molecule has 0 saturated carbocycles. The van der Waals surface area contributed by atoms with Crippen LogP contribution in [-0.4, -0.2) is 45.9 Å². The van der Waals surface area contributed by atoms with Crippen LogP contribution in [-0.2, 0) is 0 Å². The van der Waals surface area contributed by atoms with Gasteiger partial charge in [0.15, 0.2) is 0 Å². The van der Waals surface area contributed by atoms with Crippen LogP contribution in [0.15, 0.2) is 0 Å². The lowest BCUT2D eigenvalue weighted by atomic mass is 9.98. The number of hydrogen-bond acceptors (Lipinski definition) is 5. The molecule has 0 fully saturated rings. The molecule has 0 aliphatic carbocycles. The summed E-state index contributed by atoms with van der Waals surface area (Å²) < 4.78 is 0. The van der Waals surface area contributed by atoms with E-state index in [2.05, 4.69) is 16.0 Å². The largest absolute Gasteiger partial charge is 0.330 e. The Hall–Kier alpha value is -0.200. The summed E-state index contributed by atoms with van der Waals surface area (Å²) in [5.74, 6) is 0. The Morgan fingerprint density at radius 1 is 1.14 bits per heavy atom. The Morgan fingerprint density at radius 3 is 2.00 bits per heavy atom. The SMILES string of the molecule is CNC(CCN)CC(CN)(NC)NC. The zero-order valence-corrected chi connectivity index (χ0v) is 9.56. The lowest BCUT2D eigenvalue weighted by Crippen LogP contribution is -2.61. The van der Waals surface area contributed by atoms with Crippen molar-refractivity contribution in [3.05, 3.63) is 0 Å². The molecule has 5 heteroatoms. The number of hydrogen-bond donors (Lipinski definition) is 5. The average Bonchev–Trinajstić information content (AvgIpc) is 2.25. The summed E-state index contributed by atoms with van der Waals surface area (Å²) in [5, 5.41) is 9.69. The van der Waals surface area contributed by atoms with Crippen LogP contribution in [0.1, 0.15) is 12.8 Å². The van der Waals surface area contributed by atoms with Gasteiger partial charge in [-0.2, -0.15) is 0 Å². The second-order valence-corrected chi connectivity index (χ2v) is 3.55. The van der Waals surface area contributed by atoms with Crippen LogP contribution >= 0.6 is 0 Å². The van der Waals surface area contributed by atoms with E-state index in [-0.39, 0.29) is 5.66 Å². The van der Waals surface area contributed by atoms with Crippen molar-refractivity contribution in [3.8, 4) is 0 Å². The molecule has 0 aromatic rings. The van der Waals surface area contributed by atoms with Gasteiger partial charge in [-0.15, -0.1) is 0 Å². The Bertz CT molecular complexity index is 127. The summed E-state index contributed by atoms with van der Waals surface area (Å²) in [5.41, 5.74) is 11.1. The van der Waals surface area contributed by atoms with Crippen LogP contribution in [0.3, 0.4) is 0 Å². The highest BCUT2D eigenvalue weighted by Crippen LogP contribution is 2.09. The standard InChI is InChI=1S/C9H25N5/c1-12-8(4-5-10)6-9(7-11,13-2)14-3/h8,12-14H,4-7,10-11H2,1-3H3. The van der Waals surface area contributed by atoms with Crippen LogP contribution in [0, 0.1) is 0 Å². The first-order valence-corrected chi connectivity index (χ1v) is 5.13. The molecule has 0 spiro atoms. The van der Waals surface area contributed by atoms with Gasteiger partial charge in [0.2, 0.25) is 0 Å². The van der Waals surface area contributed by atoms with E-state index >= 15 is 0 Å². The fourth-order valence-electron chi connectivity index (χ4n) is 1.59. The topological polar surface area (TPSA) is 88.1 Å². The Balaban J connectivity index is 4.24. The number of nitrogens with two attached hydrogens (primary N) is 2.